The number of hydrogen-bond acceptors (Lipinski definition) is 4. The van der Waals surface area contributed by atoms with Crippen molar-refractivity contribution in [1.29, 1.82) is 0 Å². The van der Waals surface area contributed by atoms with Crippen molar-refractivity contribution >= 4 is 0 Å². The molecule has 72 valence electrons. The fraction of sp³-hybridized carbons (Fsp3) is 0.750. The monoisotopic (exact) mass is 176 g/mol. The van der Waals surface area contributed by atoms with E-state index in [9.17, 15) is 0 Å². The van der Waals surface area contributed by atoms with Crippen LogP contribution in [-0.4, -0.2) is 47.3 Å². The summed E-state index contributed by atoms with van der Waals surface area (Å²) in [5.41, 5.74) is 0. The molecule has 0 aliphatic rings. The zero-order valence-electron chi connectivity index (χ0n) is 7.02. The van der Waals surface area contributed by atoms with Crippen molar-refractivity contribution in [2.24, 2.45) is 0 Å². The molecule has 12 heavy (non-hydrogen) atoms. The molecule has 0 rings (SSSR count). The minimum absolute atomic E-state index is 0.162. The van der Waals surface area contributed by atoms with Crippen LogP contribution < -0.4 is 0 Å². The number of hydrogen-bond donors (Lipinski definition) is 3. The maximum absolute atomic E-state index is 8.99. The van der Waals surface area contributed by atoms with Crippen LogP contribution in [0.1, 0.15) is 6.42 Å². The summed E-state index contributed by atoms with van der Waals surface area (Å²) in [5, 5.41) is 26.2. The molecular weight excluding hydrogens is 160 g/mol. The van der Waals surface area contributed by atoms with Crippen molar-refractivity contribution < 1.29 is 20.1 Å². The van der Waals surface area contributed by atoms with E-state index in [-0.39, 0.29) is 19.6 Å². The van der Waals surface area contributed by atoms with Crippen LogP contribution in [0.5, 0.6) is 0 Å². The number of aliphatic hydroxyl groups is 3. The van der Waals surface area contributed by atoms with E-state index in [1.54, 1.807) is 6.08 Å². The fourth-order valence-corrected chi connectivity index (χ4v) is 0.777. The first-order valence-corrected chi connectivity index (χ1v) is 3.86. The third kappa shape index (κ3) is 5.26. The Hall–Kier alpha value is -0.420. The molecule has 2 atom stereocenters. The maximum atomic E-state index is 8.99. The van der Waals surface area contributed by atoms with Gasteiger partial charge in [-0.1, -0.05) is 6.08 Å². The Morgan fingerprint density at radius 2 is 2.00 bits per heavy atom. The van der Waals surface area contributed by atoms with Gasteiger partial charge in [0, 0.05) is 6.42 Å². The van der Waals surface area contributed by atoms with E-state index in [1.165, 1.54) is 0 Å². The fourth-order valence-electron chi connectivity index (χ4n) is 0.777. The van der Waals surface area contributed by atoms with E-state index >= 15 is 0 Å². The van der Waals surface area contributed by atoms with E-state index in [1.807, 2.05) is 0 Å². The van der Waals surface area contributed by atoms with E-state index in [0.717, 1.165) is 0 Å². The molecule has 0 spiro atoms. The molecule has 0 fully saturated rings. The molecule has 0 saturated carbocycles. The molecule has 0 bridgehead atoms. The van der Waals surface area contributed by atoms with Gasteiger partial charge in [0.1, 0.15) is 0 Å². The molecule has 0 aromatic carbocycles. The Morgan fingerprint density at radius 1 is 1.33 bits per heavy atom. The number of ether oxygens (including phenoxy) is 1. The van der Waals surface area contributed by atoms with Crippen LogP contribution in [0.15, 0.2) is 12.7 Å². The van der Waals surface area contributed by atoms with Crippen LogP contribution >= 0.6 is 0 Å². The quantitative estimate of drug-likeness (QED) is 0.448. The highest BCUT2D eigenvalue weighted by molar-refractivity contribution is 4.68. The first-order chi connectivity index (χ1) is 5.74. The van der Waals surface area contributed by atoms with Gasteiger partial charge in [-0.2, -0.15) is 0 Å². The maximum Gasteiger partial charge on any atom is 0.0835 e. The smallest absolute Gasteiger partial charge is 0.0835 e. The Morgan fingerprint density at radius 3 is 2.42 bits per heavy atom. The lowest BCUT2D eigenvalue weighted by molar-refractivity contribution is -0.0179. The van der Waals surface area contributed by atoms with Gasteiger partial charge >= 0.3 is 0 Å². The zero-order chi connectivity index (χ0) is 9.40. The molecule has 3 N–H and O–H groups in total. The van der Waals surface area contributed by atoms with Gasteiger partial charge < -0.3 is 20.1 Å². The molecule has 0 amide bonds. The normalized spacial score (nSPS) is 15.6. The van der Waals surface area contributed by atoms with Crippen LogP contribution in [0.3, 0.4) is 0 Å². The first kappa shape index (κ1) is 11.6. The van der Waals surface area contributed by atoms with Gasteiger partial charge in [0.25, 0.3) is 0 Å². The summed E-state index contributed by atoms with van der Waals surface area (Å²) in [6.07, 6.45) is 0.548. The van der Waals surface area contributed by atoms with E-state index < -0.39 is 12.2 Å². The molecule has 4 heteroatoms. The Bertz CT molecular complexity index is 116. The SMILES string of the molecule is C=CCOC(CO)CC(O)CO. The minimum atomic E-state index is -0.827. The van der Waals surface area contributed by atoms with Crippen molar-refractivity contribution in [2.75, 3.05) is 19.8 Å². The molecule has 0 radical (unpaired) electrons. The van der Waals surface area contributed by atoms with Crippen molar-refractivity contribution in [2.45, 2.75) is 18.6 Å². The van der Waals surface area contributed by atoms with E-state index in [0.29, 0.717) is 6.61 Å². The summed E-state index contributed by atoms with van der Waals surface area (Å²) in [6, 6.07) is 0. The summed E-state index contributed by atoms with van der Waals surface area (Å²) in [4.78, 5) is 0. The molecule has 0 aromatic rings. The Labute approximate surface area is 72.1 Å². The third-order valence-electron chi connectivity index (χ3n) is 1.40. The van der Waals surface area contributed by atoms with Crippen molar-refractivity contribution in [3.63, 3.8) is 0 Å². The molecule has 4 nitrogen and oxygen atoms in total. The van der Waals surface area contributed by atoms with Gasteiger partial charge in [-0.05, 0) is 0 Å². The van der Waals surface area contributed by atoms with Crippen LogP contribution in [0.25, 0.3) is 0 Å². The van der Waals surface area contributed by atoms with Crippen LogP contribution in [0, 0.1) is 0 Å². The number of aliphatic hydroxyl groups excluding tert-OH is 3. The van der Waals surface area contributed by atoms with Gasteiger partial charge in [-0.15, -0.1) is 6.58 Å². The lowest BCUT2D eigenvalue weighted by Crippen LogP contribution is -2.26. The topological polar surface area (TPSA) is 69.9 Å². The lowest BCUT2D eigenvalue weighted by Gasteiger charge is -2.16. The predicted octanol–water partition coefficient (Wildman–Crippen LogP) is -0.707. The highest BCUT2D eigenvalue weighted by Crippen LogP contribution is 2.01. The lowest BCUT2D eigenvalue weighted by atomic mass is 10.2. The van der Waals surface area contributed by atoms with Crippen molar-refractivity contribution in [3.8, 4) is 0 Å². The molecular formula is C8H16O4. The molecule has 0 saturated heterocycles. The second-order valence-corrected chi connectivity index (χ2v) is 2.50. The highest BCUT2D eigenvalue weighted by Gasteiger charge is 2.12. The van der Waals surface area contributed by atoms with Gasteiger partial charge in [-0.3, -0.25) is 0 Å². The van der Waals surface area contributed by atoms with E-state index in [2.05, 4.69) is 6.58 Å². The second kappa shape index (κ2) is 7.24. The van der Waals surface area contributed by atoms with Gasteiger partial charge in [0.15, 0.2) is 0 Å². The molecule has 2 unspecified atom stereocenters. The average Bonchev–Trinajstić information content (AvgIpc) is 2.11. The Kier molecular flexibility index (Phi) is 6.99. The summed E-state index contributed by atoms with van der Waals surface area (Å²) >= 11 is 0. The van der Waals surface area contributed by atoms with Crippen LogP contribution in [0.2, 0.25) is 0 Å². The molecule has 0 heterocycles. The molecule has 0 aliphatic carbocycles. The van der Waals surface area contributed by atoms with Gasteiger partial charge in [-0.25, -0.2) is 0 Å². The number of rotatable bonds is 7. The van der Waals surface area contributed by atoms with Gasteiger partial charge in [0.05, 0.1) is 32.0 Å². The van der Waals surface area contributed by atoms with Crippen LogP contribution in [-0.2, 0) is 4.74 Å². The Balaban J connectivity index is 3.58. The predicted molar refractivity (Wildman–Crippen MR) is 44.7 cm³/mol. The summed E-state index contributed by atoms with van der Waals surface area (Å²) in [6.45, 7) is 3.31. The standard InChI is InChI=1S/C8H16O4/c1-2-3-12-8(6-10)4-7(11)5-9/h2,7-11H,1,3-6H2. The first-order valence-electron chi connectivity index (χ1n) is 3.86. The zero-order valence-corrected chi connectivity index (χ0v) is 7.02. The molecule has 0 aliphatic heterocycles. The largest absolute Gasteiger partial charge is 0.394 e. The van der Waals surface area contributed by atoms with Crippen LogP contribution in [0.4, 0.5) is 0 Å². The second-order valence-electron chi connectivity index (χ2n) is 2.50. The molecule has 0 aromatic heterocycles. The summed E-state index contributed by atoms with van der Waals surface area (Å²) in [7, 11) is 0. The summed E-state index contributed by atoms with van der Waals surface area (Å²) in [5.74, 6) is 0. The van der Waals surface area contributed by atoms with Crippen molar-refractivity contribution in [1.82, 2.24) is 0 Å². The minimum Gasteiger partial charge on any atom is -0.394 e. The average molecular weight is 176 g/mol. The highest BCUT2D eigenvalue weighted by atomic mass is 16.5. The van der Waals surface area contributed by atoms with Crippen molar-refractivity contribution in [3.05, 3.63) is 12.7 Å². The summed E-state index contributed by atoms with van der Waals surface area (Å²) < 4.78 is 5.07. The third-order valence-corrected chi connectivity index (χ3v) is 1.40. The van der Waals surface area contributed by atoms with E-state index in [4.69, 9.17) is 20.1 Å². The van der Waals surface area contributed by atoms with Gasteiger partial charge in [0.2, 0.25) is 0 Å².